The fourth-order valence-corrected chi connectivity index (χ4v) is 3.39. The van der Waals surface area contributed by atoms with E-state index in [1.807, 2.05) is 30.3 Å². The molecular weight excluding hydrogens is 312 g/mol. The molecule has 1 aliphatic carbocycles. The van der Waals surface area contributed by atoms with Crippen molar-refractivity contribution in [2.75, 3.05) is 6.61 Å². The molecule has 24 heavy (non-hydrogen) atoms. The van der Waals surface area contributed by atoms with E-state index < -0.39 is 29.7 Å². The number of hydrogen-bond donors (Lipinski definition) is 0. The molecular formula is C18H22O6. The minimum Gasteiger partial charge on any atom is -0.456 e. The summed E-state index contributed by atoms with van der Waals surface area (Å²) in [6.07, 6.45) is 0.154. The van der Waals surface area contributed by atoms with Crippen LogP contribution in [0.2, 0.25) is 0 Å². The average Bonchev–Trinajstić information content (AvgIpc) is 2.83. The van der Waals surface area contributed by atoms with Crippen molar-refractivity contribution in [2.24, 2.45) is 0 Å². The summed E-state index contributed by atoms with van der Waals surface area (Å²) >= 11 is 0. The van der Waals surface area contributed by atoms with E-state index in [1.165, 1.54) is 13.8 Å². The van der Waals surface area contributed by atoms with Gasteiger partial charge in [-0.3, -0.25) is 9.59 Å². The molecule has 0 aromatic heterocycles. The Morgan fingerprint density at radius 3 is 2.42 bits per heavy atom. The molecule has 0 bridgehead atoms. The van der Waals surface area contributed by atoms with Crippen LogP contribution in [0.25, 0.3) is 0 Å². The second-order valence-electron chi connectivity index (χ2n) is 6.38. The monoisotopic (exact) mass is 334 g/mol. The molecule has 130 valence electrons. The molecule has 0 radical (unpaired) electrons. The first kappa shape index (κ1) is 16.9. The molecule has 2 atom stereocenters. The maximum absolute atomic E-state index is 11.4. The number of carbonyl (C=O) groups excluding carboxylic acids is 2. The number of benzene rings is 1. The maximum Gasteiger partial charge on any atom is 0.303 e. The minimum atomic E-state index is -0.604. The van der Waals surface area contributed by atoms with Crippen LogP contribution in [0.5, 0.6) is 0 Å². The molecule has 1 spiro atoms. The predicted octanol–water partition coefficient (Wildman–Crippen LogP) is 2.00. The van der Waals surface area contributed by atoms with Gasteiger partial charge in [0.1, 0.15) is 5.60 Å². The zero-order valence-electron chi connectivity index (χ0n) is 13.9. The third-order valence-electron chi connectivity index (χ3n) is 4.48. The van der Waals surface area contributed by atoms with Gasteiger partial charge in [-0.2, -0.15) is 0 Å². The Balaban J connectivity index is 1.57. The second-order valence-corrected chi connectivity index (χ2v) is 6.38. The van der Waals surface area contributed by atoms with Gasteiger partial charge in [0.05, 0.1) is 19.3 Å². The summed E-state index contributed by atoms with van der Waals surface area (Å²) in [7, 11) is 0. The van der Waals surface area contributed by atoms with Crippen LogP contribution in [-0.2, 0) is 35.1 Å². The summed E-state index contributed by atoms with van der Waals surface area (Å²) in [5, 5.41) is 0. The molecule has 1 aliphatic heterocycles. The minimum absolute atomic E-state index is 0.0411. The molecule has 1 saturated carbocycles. The Labute approximate surface area is 141 Å². The van der Waals surface area contributed by atoms with Crippen molar-refractivity contribution in [1.82, 2.24) is 0 Å². The summed E-state index contributed by atoms with van der Waals surface area (Å²) in [4.78, 5) is 22.6. The largest absolute Gasteiger partial charge is 0.456 e. The highest BCUT2D eigenvalue weighted by atomic mass is 16.6. The molecule has 3 rings (SSSR count). The molecule has 2 aliphatic rings. The first-order valence-corrected chi connectivity index (χ1v) is 8.12. The lowest BCUT2D eigenvalue weighted by molar-refractivity contribution is -0.202. The van der Waals surface area contributed by atoms with Crippen LogP contribution in [0.4, 0.5) is 0 Å². The molecule has 1 heterocycles. The van der Waals surface area contributed by atoms with Crippen molar-refractivity contribution in [2.45, 2.75) is 57.2 Å². The van der Waals surface area contributed by atoms with Crippen LogP contribution in [0.3, 0.4) is 0 Å². The van der Waals surface area contributed by atoms with Crippen LogP contribution in [0.1, 0.15) is 32.3 Å². The Morgan fingerprint density at radius 2 is 1.79 bits per heavy atom. The van der Waals surface area contributed by atoms with Crippen LogP contribution in [0.15, 0.2) is 30.3 Å². The molecule has 6 nitrogen and oxygen atoms in total. The second kappa shape index (κ2) is 6.91. The first-order valence-electron chi connectivity index (χ1n) is 8.12. The van der Waals surface area contributed by atoms with E-state index in [4.69, 9.17) is 18.9 Å². The van der Waals surface area contributed by atoms with Gasteiger partial charge in [0, 0.05) is 26.7 Å². The van der Waals surface area contributed by atoms with Crippen molar-refractivity contribution < 1.29 is 28.5 Å². The Kier molecular flexibility index (Phi) is 4.87. The van der Waals surface area contributed by atoms with Gasteiger partial charge in [0.15, 0.2) is 12.2 Å². The highest BCUT2D eigenvalue weighted by molar-refractivity contribution is 5.67. The zero-order chi connectivity index (χ0) is 17.2. The smallest absolute Gasteiger partial charge is 0.303 e. The summed E-state index contributed by atoms with van der Waals surface area (Å²) in [5.41, 5.74) is 0.507. The summed E-state index contributed by atoms with van der Waals surface area (Å²) in [6, 6.07) is 9.94. The van der Waals surface area contributed by atoms with Gasteiger partial charge >= 0.3 is 11.9 Å². The fourth-order valence-electron chi connectivity index (χ4n) is 3.39. The lowest BCUT2D eigenvalue weighted by Crippen LogP contribution is -2.57. The normalized spacial score (nSPS) is 31.5. The number of hydrogen-bond acceptors (Lipinski definition) is 6. The average molecular weight is 334 g/mol. The summed E-state index contributed by atoms with van der Waals surface area (Å²) in [5.74, 6) is -0.815. The Morgan fingerprint density at radius 1 is 1.12 bits per heavy atom. The number of carbonyl (C=O) groups is 2. The first-order chi connectivity index (χ1) is 11.5. The SMILES string of the molecule is CC(=O)O[C@H]1CO[C@]2(C[C@@H](OCc3ccccc3)C2)[C@H]1OC(C)=O. The van der Waals surface area contributed by atoms with Gasteiger partial charge in [-0.15, -0.1) is 0 Å². The quantitative estimate of drug-likeness (QED) is 0.767. The summed E-state index contributed by atoms with van der Waals surface area (Å²) < 4.78 is 22.4. The van der Waals surface area contributed by atoms with E-state index in [-0.39, 0.29) is 12.7 Å². The molecule has 6 heteroatoms. The van der Waals surface area contributed by atoms with Crippen molar-refractivity contribution in [3.63, 3.8) is 0 Å². The van der Waals surface area contributed by atoms with Crippen LogP contribution in [-0.4, -0.2) is 42.5 Å². The van der Waals surface area contributed by atoms with Gasteiger partial charge in [0.2, 0.25) is 0 Å². The number of rotatable bonds is 5. The molecule has 0 unspecified atom stereocenters. The number of ether oxygens (including phenoxy) is 4. The lowest BCUT2D eigenvalue weighted by Gasteiger charge is -2.46. The van der Waals surface area contributed by atoms with E-state index >= 15 is 0 Å². The van der Waals surface area contributed by atoms with Crippen LogP contribution < -0.4 is 0 Å². The third-order valence-corrected chi connectivity index (χ3v) is 4.48. The molecule has 0 N–H and O–H groups in total. The predicted molar refractivity (Wildman–Crippen MR) is 84.0 cm³/mol. The Hall–Kier alpha value is -1.92. The van der Waals surface area contributed by atoms with Gasteiger partial charge in [-0.25, -0.2) is 0 Å². The standard InChI is InChI=1S/C18H22O6/c1-12(19)23-16-11-22-18(17(16)24-13(2)20)8-15(9-18)21-10-14-6-4-3-5-7-14/h3-7,15-17H,8-11H2,1-2H3/t15-,16-,17-,18+/m0/s1. The highest BCUT2D eigenvalue weighted by Crippen LogP contribution is 2.47. The molecule has 1 saturated heterocycles. The lowest BCUT2D eigenvalue weighted by atomic mass is 9.73. The van der Waals surface area contributed by atoms with Crippen molar-refractivity contribution in [1.29, 1.82) is 0 Å². The topological polar surface area (TPSA) is 71.1 Å². The summed E-state index contributed by atoms with van der Waals surface area (Å²) in [6.45, 7) is 3.46. The van der Waals surface area contributed by atoms with E-state index in [1.54, 1.807) is 0 Å². The van der Waals surface area contributed by atoms with Crippen LogP contribution in [0, 0.1) is 0 Å². The highest BCUT2D eigenvalue weighted by Gasteiger charge is 2.61. The maximum atomic E-state index is 11.4. The number of esters is 2. The molecule has 1 aromatic carbocycles. The molecule has 0 amide bonds. The molecule has 2 fully saturated rings. The van der Waals surface area contributed by atoms with Crippen molar-refractivity contribution in [3.8, 4) is 0 Å². The van der Waals surface area contributed by atoms with E-state index in [0.29, 0.717) is 19.4 Å². The van der Waals surface area contributed by atoms with Gasteiger partial charge in [-0.05, 0) is 5.56 Å². The van der Waals surface area contributed by atoms with E-state index in [9.17, 15) is 9.59 Å². The van der Waals surface area contributed by atoms with E-state index in [2.05, 4.69) is 0 Å². The zero-order valence-corrected chi connectivity index (χ0v) is 13.9. The van der Waals surface area contributed by atoms with Crippen LogP contribution >= 0.6 is 0 Å². The third kappa shape index (κ3) is 3.60. The van der Waals surface area contributed by atoms with Crippen molar-refractivity contribution in [3.05, 3.63) is 35.9 Å². The van der Waals surface area contributed by atoms with Gasteiger partial charge in [0.25, 0.3) is 0 Å². The van der Waals surface area contributed by atoms with Gasteiger partial charge in [-0.1, -0.05) is 30.3 Å². The van der Waals surface area contributed by atoms with Crippen molar-refractivity contribution >= 4 is 11.9 Å². The van der Waals surface area contributed by atoms with E-state index in [0.717, 1.165) is 5.56 Å². The van der Waals surface area contributed by atoms with Gasteiger partial charge < -0.3 is 18.9 Å². The Bertz CT molecular complexity index is 593. The molecule has 1 aromatic rings. The fraction of sp³-hybridized carbons (Fsp3) is 0.556.